The van der Waals surface area contributed by atoms with Crippen molar-refractivity contribution < 1.29 is 39.3 Å². The minimum atomic E-state index is -5.77. The van der Waals surface area contributed by atoms with Crippen LogP contribution in [0.15, 0.2) is 24.3 Å². The van der Waals surface area contributed by atoms with E-state index in [0.29, 0.717) is 0 Å². The fourth-order valence-electron chi connectivity index (χ4n) is 1.24. The molecular formula is C10H9F5O4S. The quantitative estimate of drug-likeness (QED) is 0.475. The summed E-state index contributed by atoms with van der Waals surface area (Å²) in [5.74, 6) is -0.322. The third-order valence-electron chi connectivity index (χ3n) is 2.11. The van der Waals surface area contributed by atoms with Gasteiger partial charge < -0.3 is 4.74 Å². The summed E-state index contributed by atoms with van der Waals surface area (Å²) in [5.41, 5.74) is -5.62. The molecule has 0 aromatic heterocycles. The van der Waals surface area contributed by atoms with Crippen LogP contribution in [0.1, 0.15) is 18.6 Å². The summed E-state index contributed by atoms with van der Waals surface area (Å²) in [7, 11) is -5.77. The molecule has 10 heteroatoms. The van der Waals surface area contributed by atoms with Crippen LogP contribution in [0.4, 0.5) is 22.0 Å². The molecule has 0 heterocycles. The maximum absolute atomic E-state index is 12.1. The van der Waals surface area contributed by atoms with E-state index in [9.17, 15) is 30.4 Å². The van der Waals surface area contributed by atoms with Crippen molar-refractivity contribution in [2.45, 2.75) is 25.1 Å². The second kappa shape index (κ2) is 5.92. The molecule has 114 valence electrons. The van der Waals surface area contributed by atoms with Gasteiger partial charge in [0, 0.05) is 0 Å². The maximum Gasteiger partial charge on any atom is 0.523 e. The van der Waals surface area contributed by atoms with Crippen molar-refractivity contribution in [3.8, 4) is 5.75 Å². The molecule has 0 radical (unpaired) electrons. The Labute approximate surface area is 111 Å². The summed E-state index contributed by atoms with van der Waals surface area (Å²) in [4.78, 5) is 0. The Balaban J connectivity index is 2.91. The summed E-state index contributed by atoms with van der Waals surface area (Å²) in [6.07, 6.45) is -1.51. The first kappa shape index (κ1) is 16.6. The van der Waals surface area contributed by atoms with E-state index < -0.39 is 28.3 Å². The van der Waals surface area contributed by atoms with E-state index in [1.54, 1.807) is 0 Å². The van der Waals surface area contributed by atoms with Crippen LogP contribution in [0.3, 0.4) is 0 Å². The Morgan fingerprint density at radius 3 is 2.30 bits per heavy atom. The molecule has 0 fully saturated rings. The van der Waals surface area contributed by atoms with Gasteiger partial charge in [0.25, 0.3) is 0 Å². The van der Waals surface area contributed by atoms with Crippen molar-refractivity contribution in [1.82, 2.24) is 0 Å². The van der Waals surface area contributed by atoms with E-state index in [0.717, 1.165) is 19.1 Å². The first-order valence-electron chi connectivity index (χ1n) is 5.07. The van der Waals surface area contributed by atoms with Gasteiger partial charge in [-0.1, -0.05) is 12.1 Å². The number of rotatable bonds is 5. The lowest BCUT2D eigenvalue weighted by Crippen LogP contribution is -2.26. The first-order chi connectivity index (χ1) is 9.03. The number of halogens is 5. The van der Waals surface area contributed by atoms with Crippen LogP contribution < -0.4 is 4.74 Å². The van der Waals surface area contributed by atoms with Gasteiger partial charge >= 0.3 is 22.2 Å². The number of hydrogen-bond donors (Lipinski definition) is 0. The number of benzene rings is 1. The lowest BCUT2D eigenvalue weighted by Gasteiger charge is -2.15. The molecule has 0 aliphatic carbocycles. The molecule has 1 unspecified atom stereocenters. The Morgan fingerprint density at radius 2 is 1.80 bits per heavy atom. The van der Waals surface area contributed by atoms with Crippen LogP contribution in [0.2, 0.25) is 0 Å². The molecule has 0 aliphatic heterocycles. The zero-order chi connectivity index (χ0) is 15.6. The second-order valence-corrected chi connectivity index (χ2v) is 5.15. The maximum atomic E-state index is 12.1. The molecule has 1 rings (SSSR count). The summed E-state index contributed by atoms with van der Waals surface area (Å²) in [6.45, 7) is -2.08. The van der Waals surface area contributed by atoms with E-state index in [1.165, 1.54) is 12.1 Å². The van der Waals surface area contributed by atoms with Gasteiger partial charge in [0.1, 0.15) is 5.75 Å². The van der Waals surface area contributed by atoms with Crippen LogP contribution in [-0.2, 0) is 14.3 Å². The summed E-state index contributed by atoms with van der Waals surface area (Å²) < 4.78 is 89.9. The molecule has 1 aromatic carbocycles. The monoisotopic (exact) mass is 320 g/mol. The van der Waals surface area contributed by atoms with Gasteiger partial charge in [-0.2, -0.15) is 30.4 Å². The minimum Gasteiger partial charge on any atom is -0.435 e. The largest absolute Gasteiger partial charge is 0.523 e. The van der Waals surface area contributed by atoms with Gasteiger partial charge in [-0.05, 0) is 24.6 Å². The second-order valence-electron chi connectivity index (χ2n) is 3.59. The van der Waals surface area contributed by atoms with E-state index in [-0.39, 0.29) is 11.3 Å². The fourth-order valence-corrected chi connectivity index (χ4v) is 1.84. The molecular weight excluding hydrogens is 311 g/mol. The van der Waals surface area contributed by atoms with Crippen LogP contribution in [0.5, 0.6) is 5.75 Å². The van der Waals surface area contributed by atoms with Gasteiger partial charge in [-0.15, -0.1) is 0 Å². The molecule has 0 amide bonds. The van der Waals surface area contributed by atoms with E-state index in [1.807, 2.05) is 0 Å². The van der Waals surface area contributed by atoms with Crippen molar-refractivity contribution in [2.24, 2.45) is 0 Å². The lowest BCUT2D eigenvalue weighted by molar-refractivity contribution is -0.0569. The first-order valence-corrected chi connectivity index (χ1v) is 6.48. The van der Waals surface area contributed by atoms with E-state index in [4.69, 9.17) is 0 Å². The fraction of sp³-hybridized carbons (Fsp3) is 0.400. The van der Waals surface area contributed by atoms with Gasteiger partial charge in [0.15, 0.2) is 0 Å². The summed E-state index contributed by atoms with van der Waals surface area (Å²) in [6, 6.07) is 4.53. The Kier molecular flexibility index (Phi) is 4.92. The molecule has 20 heavy (non-hydrogen) atoms. The Morgan fingerprint density at radius 1 is 1.20 bits per heavy atom. The molecule has 0 bridgehead atoms. The molecule has 0 N–H and O–H groups in total. The van der Waals surface area contributed by atoms with Crippen LogP contribution in [-0.4, -0.2) is 20.5 Å². The van der Waals surface area contributed by atoms with Crippen molar-refractivity contribution in [2.75, 3.05) is 0 Å². The van der Waals surface area contributed by atoms with Crippen molar-refractivity contribution in [1.29, 1.82) is 0 Å². The molecule has 0 saturated carbocycles. The van der Waals surface area contributed by atoms with Gasteiger partial charge in [0.2, 0.25) is 0 Å². The van der Waals surface area contributed by atoms with Crippen LogP contribution >= 0.6 is 0 Å². The van der Waals surface area contributed by atoms with Crippen molar-refractivity contribution in [3.05, 3.63) is 29.8 Å². The highest BCUT2D eigenvalue weighted by atomic mass is 32.2. The number of alkyl halides is 5. The predicted octanol–water partition coefficient (Wildman–Crippen LogP) is 3.22. The lowest BCUT2D eigenvalue weighted by atomic mass is 10.1. The number of hydrogen-bond acceptors (Lipinski definition) is 4. The number of ether oxygens (including phenoxy) is 1. The zero-order valence-electron chi connectivity index (χ0n) is 9.90. The average molecular weight is 320 g/mol. The third kappa shape index (κ3) is 4.30. The van der Waals surface area contributed by atoms with Gasteiger partial charge in [0.05, 0.1) is 6.10 Å². The minimum absolute atomic E-state index is 0.0593. The normalized spacial score (nSPS) is 14.3. The standard InChI is InChI=1S/C10H9F5O4S/c1-6(19-20(16,17)10(13,14)15)7-3-2-4-8(5-7)18-9(11)12/h2-6,9H,1H3. The van der Waals surface area contributed by atoms with Crippen LogP contribution in [0.25, 0.3) is 0 Å². The smallest absolute Gasteiger partial charge is 0.435 e. The molecule has 0 aliphatic rings. The van der Waals surface area contributed by atoms with Crippen LogP contribution in [0, 0.1) is 0 Å². The highest BCUT2D eigenvalue weighted by molar-refractivity contribution is 7.87. The summed E-state index contributed by atoms with van der Waals surface area (Å²) in [5, 5.41) is 0. The van der Waals surface area contributed by atoms with Gasteiger partial charge in [-0.25, -0.2) is 0 Å². The highest BCUT2D eigenvalue weighted by Gasteiger charge is 2.48. The Bertz CT molecular complexity index is 555. The molecule has 1 aromatic rings. The third-order valence-corrected chi connectivity index (χ3v) is 3.22. The van der Waals surface area contributed by atoms with E-state index in [2.05, 4.69) is 8.92 Å². The predicted molar refractivity (Wildman–Crippen MR) is 57.5 cm³/mol. The Hall–Kier alpha value is -1.42. The average Bonchev–Trinajstić information content (AvgIpc) is 2.26. The highest BCUT2D eigenvalue weighted by Crippen LogP contribution is 2.31. The van der Waals surface area contributed by atoms with E-state index >= 15 is 0 Å². The summed E-state index contributed by atoms with van der Waals surface area (Å²) >= 11 is 0. The topological polar surface area (TPSA) is 52.6 Å². The SMILES string of the molecule is CC(OS(=O)(=O)C(F)(F)F)c1cccc(OC(F)F)c1. The van der Waals surface area contributed by atoms with Crippen molar-refractivity contribution in [3.63, 3.8) is 0 Å². The molecule has 0 saturated heterocycles. The molecule has 4 nitrogen and oxygen atoms in total. The van der Waals surface area contributed by atoms with Gasteiger partial charge in [-0.3, -0.25) is 4.18 Å². The molecule has 0 spiro atoms. The molecule has 1 atom stereocenters. The van der Waals surface area contributed by atoms with Crippen molar-refractivity contribution >= 4 is 10.1 Å². The zero-order valence-corrected chi connectivity index (χ0v) is 10.7.